The van der Waals surface area contributed by atoms with Crippen LogP contribution in [0.25, 0.3) is 0 Å². The van der Waals surface area contributed by atoms with Crippen LogP contribution >= 0.6 is 0 Å². The van der Waals surface area contributed by atoms with Gasteiger partial charge in [0.15, 0.2) is 5.60 Å². The van der Waals surface area contributed by atoms with Crippen LogP contribution in [0.1, 0.15) is 34.8 Å². The molecule has 0 fully saturated rings. The Morgan fingerprint density at radius 3 is 2.41 bits per heavy atom. The molecule has 0 aliphatic carbocycles. The third kappa shape index (κ3) is 4.51. The van der Waals surface area contributed by atoms with Crippen molar-refractivity contribution >= 4 is 23.2 Å². The molecule has 4 rings (SSSR count). The molecule has 0 aromatic heterocycles. The number of rotatable bonds is 8. The molecule has 6 heteroatoms. The van der Waals surface area contributed by atoms with Gasteiger partial charge in [0.1, 0.15) is 0 Å². The molecule has 0 saturated heterocycles. The van der Waals surface area contributed by atoms with Crippen molar-refractivity contribution in [2.75, 3.05) is 16.8 Å². The third-order valence-corrected chi connectivity index (χ3v) is 6.14. The van der Waals surface area contributed by atoms with Crippen molar-refractivity contribution in [3.63, 3.8) is 0 Å². The van der Waals surface area contributed by atoms with Crippen molar-refractivity contribution in [2.24, 2.45) is 5.92 Å². The first-order valence-corrected chi connectivity index (χ1v) is 11.3. The first-order valence-electron chi connectivity index (χ1n) is 11.3. The van der Waals surface area contributed by atoms with Gasteiger partial charge in [0.2, 0.25) is 0 Å². The van der Waals surface area contributed by atoms with Crippen LogP contribution in [0.15, 0.2) is 91.0 Å². The lowest BCUT2D eigenvalue weighted by Crippen LogP contribution is -2.44. The number of anilines is 2. The van der Waals surface area contributed by atoms with E-state index in [1.807, 2.05) is 48.5 Å². The van der Waals surface area contributed by atoms with Crippen LogP contribution in [0.3, 0.4) is 0 Å². The molecule has 3 aromatic rings. The number of hydrogen-bond acceptors (Lipinski definition) is 4. The summed E-state index contributed by atoms with van der Waals surface area (Å²) in [7, 11) is 0. The van der Waals surface area contributed by atoms with Crippen molar-refractivity contribution < 1.29 is 19.8 Å². The smallest absolute Gasteiger partial charge is 0.264 e. The summed E-state index contributed by atoms with van der Waals surface area (Å²) in [4.78, 5) is 27.4. The van der Waals surface area contributed by atoms with E-state index in [1.54, 1.807) is 54.3 Å². The van der Waals surface area contributed by atoms with Crippen molar-refractivity contribution in [2.45, 2.75) is 25.5 Å². The number of para-hydroxylation sites is 1. The summed E-state index contributed by atoms with van der Waals surface area (Å²) < 4.78 is 0. The zero-order valence-corrected chi connectivity index (χ0v) is 19.0. The van der Waals surface area contributed by atoms with Gasteiger partial charge in [-0.2, -0.15) is 0 Å². The Morgan fingerprint density at radius 1 is 1.03 bits per heavy atom. The number of benzene rings is 3. The van der Waals surface area contributed by atoms with Gasteiger partial charge < -0.3 is 20.4 Å². The summed E-state index contributed by atoms with van der Waals surface area (Å²) in [6, 6.07) is 23.6. The average molecular weight is 457 g/mol. The first kappa shape index (κ1) is 23.4. The minimum atomic E-state index is -1.67. The molecule has 0 unspecified atom stereocenters. The summed E-state index contributed by atoms with van der Waals surface area (Å²) in [6.45, 7) is 2.11. The second-order valence-corrected chi connectivity index (χ2v) is 8.42. The maximum absolute atomic E-state index is 13.5. The molecule has 0 saturated carbocycles. The molecule has 34 heavy (non-hydrogen) atoms. The number of carbonyl (C=O) groups excluding carboxylic acids is 2. The number of hydrogen-bond donors (Lipinski definition) is 3. The normalized spacial score (nSPS) is 18.2. The highest BCUT2D eigenvalue weighted by Crippen LogP contribution is 2.45. The molecular formula is C28H28N2O4. The fourth-order valence-electron chi connectivity index (χ4n) is 4.24. The van der Waals surface area contributed by atoms with Gasteiger partial charge in [0, 0.05) is 29.3 Å². The number of aliphatic hydroxyl groups excluding tert-OH is 1. The van der Waals surface area contributed by atoms with Crippen LogP contribution < -0.4 is 10.2 Å². The fraction of sp³-hybridized carbons (Fsp3) is 0.214. The van der Waals surface area contributed by atoms with Gasteiger partial charge in [0.25, 0.3) is 11.8 Å². The minimum absolute atomic E-state index is 0.0140. The number of aliphatic hydroxyl groups is 2. The fourth-order valence-corrected chi connectivity index (χ4v) is 4.24. The van der Waals surface area contributed by atoms with Crippen LogP contribution in [0.5, 0.6) is 0 Å². The van der Waals surface area contributed by atoms with E-state index in [-0.39, 0.29) is 25.0 Å². The molecule has 1 aliphatic heterocycles. The molecular weight excluding hydrogens is 428 g/mol. The first-order chi connectivity index (χ1) is 16.4. The molecule has 6 nitrogen and oxygen atoms in total. The Balaban J connectivity index is 1.52. The van der Waals surface area contributed by atoms with E-state index in [1.165, 1.54) is 0 Å². The lowest BCUT2D eigenvalue weighted by Gasteiger charge is -2.27. The van der Waals surface area contributed by atoms with E-state index < -0.39 is 11.5 Å². The Bertz CT molecular complexity index is 1190. The van der Waals surface area contributed by atoms with E-state index in [4.69, 9.17) is 5.11 Å². The molecule has 174 valence electrons. The maximum atomic E-state index is 13.5. The summed E-state index contributed by atoms with van der Waals surface area (Å²) in [5.41, 5.74) is 1.68. The van der Waals surface area contributed by atoms with Gasteiger partial charge in [-0.25, -0.2) is 0 Å². The average Bonchev–Trinajstić information content (AvgIpc) is 3.08. The molecule has 1 aliphatic rings. The van der Waals surface area contributed by atoms with Gasteiger partial charge in [-0.15, -0.1) is 0 Å². The van der Waals surface area contributed by atoms with E-state index >= 15 is 0 Å². The topological polar surface area (TPSA) is 89.9 Å². The van der Waals surface area contributed by atoms with Gasteiger partial charge in [-0.05, 0) is 42.3 Å². The van der Waals surface area contributed by atoms with Crippen molar-refractivity contribution in [3.05, 3.63) is 108 Å². The molecule has 0 bridgehead atoms. The second-order valence-electron chi connectivity index (χ2n) is 8.42. The zero-order valence-electron chi connectivity index (χ0n) is 19.0. The third-order valence-electron chi connectivity index (χ3n) is 6.14. The largest absolute Gasteiger partial charge is 0.396 e. The monoisotopic (exact) mass is 456 g/mol. The lowest BCUT2D eigenvalue weighted by molar-refractivity contribution is -0.139. The van der Waals surface area contributed by atoms with Gasteiger partial charge in [-0.3, -0.25) is 9.59 Å². The highest BCUT2D eigenvalue weighted by Gasteiger charge is 2.52. The molecule has 3 N–H and O–H groups in total. The summed E-state index contributed by atoms with van der Waals surface area (Å²) in [6.07, 6.45) is 4.02. The van der Waals surface area contributed by atoms with Crippen LogP contribution in [-0.2, 0) is 16.9 Å². The SMILES string of the molecule is C[C@@H](/C=C/CCO)[C@]1(O)C(=O)N(Cc2ccc(NC(=O)c3ccccc3)cc2)c2ccccc21. The number of carbonyl (C=O) groups is 2. The highest BCUT2D eigenvalue weighted by atomic mass is 16.3. The van der Waals surface area contributed by atoms with Gasteiger partial charge in [0.05, 0.1) is 12.2 Å². The number of amides is 2. The van der Waals surface area contributed by atoms with Crippen LogP contribution in [-0.4, -0.2) is 28.6 Å². The maximum Gasteiger partial charge on any atom is 0.264 e. The predicted octanol–water partition coefficient (Wildman–Crippen LogP) is 4.25. The predicted molar refractivity (Wildman–Crippen MR) is 132 cm³/mol. The molecule has 0 radical (unpaired) electrons. The Hall–Kier alpha value is -3.74. The van der Waals surface area contributed by atoms with Crippen molar-refractivity contribution in [1.82, 2.24) is 0 Å². The van der Waals surface area contributed by atoms with Crippen molar-refractivity contribution in [3.8, 4) is 0 Å². The molecule has 1 heterocycles. The zero-order chi connectivity index (χ0) is 24.1. The Kier molecular flexibility index (Phi) is 6.91. The summed E-state index contributed by atoms with van der Waals surface area (Å²) in [5, 5.41) is 23.4. The van der Waals surface area contributed by atoms with Gasteiger partial charge >= 0.3 is 0 Å². The molecule has 2 atom stereocenters. The van der Waals surface area contributed by atoms with E-state index in [0.717, 1.165) is 5.56 Å². The Morgan fingerprint density at radius 2 is 1.71 bits per heavy atom. The minimum Gasteiger partial charge on any atom is -0.396 e. The van der Waals surface area contributed by atoms with Crippen LogP contribution in [0.2, 0.25) is 0 Å². The van der Waals surface area contributed by atoms with Crippen molar-refractivity contribution in [1.29, 1.82) is 0 Å². The standard InChI is InChI=1S/C28H28N2O4/c1-20(9-7-8-18-31)28(34)24-12-5-6-13-25(24)30(27(28)33)19-21-14-16-23(17-15-21)29-26(32)22-10-3-2-4-11-22/h2-7,9-17,20,31,34H,8,18-19H2,1H3,(H,29,32)/b9-7+/t20-,28+/m0/s1. The number of nitrogens with one attached hydrogen (secondary N) is 1. The molecule has 3 aromatic carbocycles. The number of fused-ring (bicyclic) bond motifs is 1. The highest BCUT2D eigenvalue weighted by molar-refractivity contribution is 6.07. The van der Waals surface area contributed by atoms with Crippen LogP contribution in [0.4, 0.5) is 11.4 Å². The number of nitrogens with zero attached hydrogens (tertiary/aromatic N) is 1. The lowest BCUT2D eigenvalue weighted by atomic mass is 9.83. The summed E-state index contributed by atoms with van der Waals surface area (Å²) >= 11 is 0. The summed E-state index contributed by atoms with van der Waals surface area (Å²) in [5.74, 6) is -1.03. The van der Waals surface area contributed by atoms with E-state index in [9.17, 15) is 14.7 Å². The second kappa shape index (κ2) is 10.0. The quantitative estimate of drug-likeness (QED) is 0.442. The van der Waals surface area contributed by atoms with Crippen LogP contribution in [0, 0.1) is 5.92 Å². The molecule has 2 amide bonds. The van der Waals surface area contributed by atoms with Gasteiger partial charge in [-0.1, -0.05) is 67.6 Å². The van der Waals surface area contributed by atoms with E-state index in [0.29, 0.717) is 28.9 Å². The molecule has 0 spiro atoms. The van der Waals surface area contributed by atoms with E-state index in [2.05, 4.69) is 5.32 Å². The Labute approximate surface area is 199 Å².